The fraction of sp³-hybridized carbons (Fsp3) is 0.379. The summed E-state index contributed by atoms with van der Waals surface area (Å²) in [6.07, 6.45) is 4.07. The number of methoxy groups -OCH3 is 1. The van der Waals surface area contributed by atoms with Crippen LogP contribution in [0.15, 0.2) is 48.5 Å². The van der Waals surface area contributed by atoms with Gasteiger partial charge in [-0.2, -0.15) is 5.10 Å². The molecule has 1 atom stereocenters. The minimum atomic E-state index is -0.521. The van der Waals surface area contributed by atoms with Crippen LogP contribution >= 0.6 is 0 Å². The molecule has 0 radical (unpaired) electrons. The molecule has 2 aliphatic rings. The number of carbonyl (C=O) groups is 3. The highest BCUT2D eigenvalue weighted by Crippen LogP contribution is 2.35. The van der Waals surface area contributed by atoms with Crippen LogP contribution in [0.3, 0.4) is 0 Å². The van der Waals surface area contributed by atoms with Crippen LogP contribution in [0, 0.1) is 0 Å². The van der Waals surface area contributed by atoms with Crippen LogP contribution in [-0.4, -0.2) is 47.7 Å². The van der Waals surface area contributed by atoms with Crippen molar-refractivity contribution in [2.75, 3.05) is 25.2 Å². The third-order valence-electron chi connectivity index (χ3n) is 7.21. The molecule has 0 spiro atoms. The van der Waals surface area contributed by atoms with Crippen molar-refractivity contribution in [3.8, 4) is 11.4 Å². The molecular formula is C29H31N3O5. The van der Waals surface area contributed by atoms with E-state index in [0.29, 0.717) is 48.4 Å². The van der Waals surface area contributed by atoms with Crippen LogP contribution in [0.1, 0.15) is 77.0 Å². The van der Waals surface area contributed by atoms with Gasteiger partial charge in [0.05, 0.1) is 19.4 Å². The van der Waals surface area contributed by atoms with Gasteiger partial charge in [0, 0.05) is 30.6 Å². The number of nitrogens with zero attached hydrogens (tertiary/aromatic N) is 3. The Bertz CT molecular complexity index is 1310. The van der Waals surface area contributed by atoms with Crippen molar-refractivity contribution in [1.29, 1.82) is 0 Å². The first-order valence-electron chi connectivity index (χ1n) is 12.9. The molecule has 1 unspecified atom stereocenters. The Hall–Kier alpha value is -3.94. The van der Waals surface area contributed by atoms with E-state index in [1.54, 1.807) is 30.8 Å². The van der Waals surface area contributed by atoms with Crippen LogP contribution in [0.25, 0.3) is 5.69 Å². The van der Waals surface area contributed by atoms with Crippen molar-refractivity contribution >= 4 is 23.3 Å². The van der Waals surface area contributed by atoms with E-state index >= 15 is 0 Å². The maximum atomic E-state index is 13.7. The van der Waals surface area contributed by atoms with Gasteiger partial charge in [-0.25, -0.2) is 9.48 Å². The lowest BCUT2D eigenvalue weighted by Gasteiger charge is -2.27. The largest absolute Gasteiger partial charge is 0.497 e. The second kappa shape index (κ2) is 10.6. The van der Waals surface area contributed by atoms with Gasteiger partial charge in [0.1, 0.15) is 11.4 Å². The van der Waals surface area contributed by atoms with E-state index in [2.05, 4.69) is 5.10 Å². The molecule has 1 saturated heterocycles. The molecule has 2 aromatic carbocycles. The predicted octanol–water partition coefficient (Wildman–Crippen LogP) is 4.88. The Morgan fingerprint density at radius 1 is 1.00 bits per heavy atom. The number of Topliss-reactive ketones (excluding diaryl/α,β-unsaturated/α-hetero) is 1. The molecule has 1 amide bonds. The summed E-state index contributed by atoms with van der Waals surface area (Å²) in [5, 5.41) is 4.54. The summed E-state index contributed by atoms with van der Waals surface area (Å²) in [5.41, 5.74) is 3.89. The average Bonchev–Trinajstić information content (AvgIpc) is 3.23. The van der Waals surface area contributed by atoms with E-state index in [-0.39, 0.29) is 29.9 Å². The Balaban J connectivity index is 1.45. The lowest BCUT2D eigenvalue weighted by Crippen LogP contribution is -2.35. The number of ketones is 1. The molecular weight excluding hydrogens is 470 g/mol. The van der Waals surface area contributed by atoms with Gasteiger partial charge in [0.15, 0.2) is 11.5 Å². The minimum absolute atomic E-state index is 0.00892. The van der Waals surface area contributed by atoms with Crippen molar-refractivity contribution in [3.05, 3.63) is 71.0 Å². The zero-order valence-electron chi connectivity index (χ0n) is 21.2. The zero-order valence-corrected chi connectivity index (χ0v) is 21.2. The lowest BCUT2D eigenvalue weighted by atomic mass is 9.90. The van der Waals surface area contributed by atoms with Crippen LogP contribution in [0.5, 0.6) is 5.75 Å². The van der Waals surface area contributed by atoms with E-state index in [0.717, 1.165) is 30.6 Å². The molecule has 5 rings (SSSR count). The number of amides is 1. The van der Waals surface area contributed by atoms with Gasteiger partial charge in [-0.15, -0.1) is 0 Å². The Morgan fingerprint density at radius 2 is 1.73 bits per heavy atom. The van der Waals surface area contributed by atoms with Gasteiger partial charge in [-0.05, 0) is 80.5 Å². The number of benzene rings is 2. The fourth-order valence-electron chi connectivity index (χ4n) is 5.28. The minimum Gasteiger partial charge on any atom is -0.497 e. The highest BCUT2D eigenvalue weighted by molar-refractivity contribution is 6.01. The SMILES string of the molecule is CCOC(=O)c1nn(-c2ccc(OC)cc2)c2c1CCC(c1ccc(N3CCCCC3=O)cc1)CC2=O. The van der Waals surface area contributed by atoms with E-state index in [1.807, 2.05) is 41.3 Å². The van der Waals surface area contributed by atoms with Crippen molar-refractivity contribution in [1.82, 2.24) is 9.78 Å². The molecule has 0 bridgehead atoms. The molecule has 37 heavy (non-hydrogen) atoms. The zero-order chi connectivity index (χ0) is 25.9. The van der Waals surface area contributed by atoms with E-state index in [9.17, 15) is 14.4 Å². The second-order valence-electron chi connectivity index (χ2n) is 9.46. The van der Waals surface area contributed by atoms with E-state index in [1.165, 1.54) is 0 Å². The van der Waals surface area contributed by atoms with Crippen LogP contribution in [0.2, 0.25) is 0 Å². The van der Waals surface area contributed by atoms with E-state index < -0.39 is 5.97 Å². The Kier molecular flexibility index (Phi) is 7.08. The number of aromatic nitrogens is 2. The van der Waals surface area contributed by atoms with Gasteiger partial charge in [-0.1, -0.05) is 12.1 Å². The summed E-state index contributed by atoms with van der Waals surface area (Å²) in [6, 6.07) is 15.2. The van der Waals surface area contributed by atoms with Gasteiger partial charge >= 0.3 is 5.97 Å². The highest BCUT2D eigenvalue weighted by atomic mass is 16.5. The van der Waals surface area contributed by atoms with E-state index in [4.69, 9.17) is 9.47 Å². The molecule has 8 heteroatoms. The number of esters is 1. The normalized spacial score (nSPS) is 17.8. The number of hydrogen-bond acceptors (Lipinski definition) is 6. The van der Waals surface area contributed by atoms with Crippen molar-refractivity contribution in [2.24, 2.45) is 0 Å². The summed E-state index contributed by atoms with van der Waals surface area (Å²) in [7, 11) is 1.59. The number of ether oxygens (including phenoxy) is 2. The van der Waals surface area contributed by atoms with Gasteiger partial charge in [-0.3, -0.25) is 9.59 Å². The maximum absolute atomic E-state index is 13.7. The topological polar surface area (TPSA) is 90.7 Å². The number of piperidine rings is 1. The third-order valence-corrected chi connectivity index (χ3v) is 7.21. The molecule has 192 valence electrons. The van der Waals surface area contributed by atoms with Crippen LogP contribution < -0.4 is 9.64 Å². The van der Waals surface area contributed by atoms with Gasteiger partial charge in [0.2, 0.25) is 5.91 Å². The summed E-state index contributed by atoms with van der Waals surface area (Å²) < 4.78 is 12.1. The van der Waals surface area contributed by atoms with Crippen LogP contribution in [-0.2, 0) is 16.0 Å². The molecule has 1 aliphatic heterocycles. The number of hydrogen-bond donors (Lipinski definition) is 0. The molecule has 0 N–H and O–H groups in total. The van der Waals surface area contributed by atoms with Crippen molar-refractivity contribution in [3.63, 3.8) is 0 Å². The molecule has 0 saturated carbocycles. The monoisotopic (exact) mass is 501 g/mol. The average molecular weight is 502 g/mol. The van der Waals surface area contributed by atoms with Gasteiger partial charge < -0.3 is 14.4 Å². The highest BCUT2D eigenvalue weighted by Gasteiger charge is 2.33. The summed E-state index contributed by atoms with van der Waals surface area (Å²) >= 11 is 0. The van der Waals surface area contributed by atoms with Crippen molar-refractivity contribution in [2.45, 2.75) is 51.4 Å². The lowest BCUT2D eigenvalue weighted by molar-refractivity contribution is -0.119. The molecule has 1 aliphatic carbocycles. The number of fused-ring (bicyclic) bond motifs is 1. The molecule has 2 heterocycles. The molecule has 8 nitrogen and oxygen atoms in total. The summed E-state index contributed by atoms with van der Waals surface area (Å²) in [5.74, 6) is 0.257. The molecule has 1 fully saturated rings. The second-order valence-corrected chi connectivity index (χ2v) is 9.46. The molecule has 1 aromatic heterocycles. The Morgan fingerprint density at radius 3 is 2.41 bits per heavy atom. The third kappa shape index (κ3) is 4.88. The first-order chi connectivity index (χ1) is 18.0. The fourth-order valence-corrected chi connectivity index (χ4v) is 5.28. The number of rotatable bonds is 6. The first kappa shape index (κ1) is 24.7. The quantitative estimate of drug-likeness (QED) is 0.353. The Labute approximate surface area is 216 Å². The smallest absolute Gasteiger partial charge is 0.359 e. The van der Waals surface area contributed by atoms with Gasteiger partial charge in [0.25, 0.3) is 0 Å². The maximum Gasteiger partial charge on any atom is 0.359 e. The predicted molar refractivity (Wildman–Crippen MR) is 139 cm³/mol. The van der Waals surface area contributed by atoms with Crippen LogP contribution in [0.4, 0.5) is 5.69 Å². The standard InChI is InChI=1S/C29H31N3O5/c1-3-37-29(35)27-24-16-9-20(19-7-10-21(11-8-19)31-17-5-4-6-26(31)34)18-25(33)28(24)32(30-27)22-12-14-23(36-2)15-13-22/h7-8,10-15,20H,3-6,9,16-18H2,1-2H3. The number of anilines is 1. The number of carbonyl (C=O) groups excluding carboxylic acids is 3. The molecule has 3 aromatic rings. The first-order valence-corrected chi connectivity index (χ1v) is 12.9. The van der Waals surface area contributed by atoms with Crippen molar-refractivity contribution < 1.29 is 23.9 Å². The summed E-state index contributed by atoms with van der Waals surface area (Å²) in [6.45, 7) is 2.72. The summed E-state index contributed by atoms with van der Waals surface area (Å²) in [4.78, 5) is 40.6.